The summed E-state index contributed by atoms with van der Waals surface area (Å²) in [6.45, 7) is 1.19. The van der Waals surface area contributed by atoms with Gasteiger partial charge >= 0.3 is 11.9 Å². The van der Waals surface area contributed by atoms with Crippen molar-refractivity contribution in [3.8, 4) is 0 Å². The summed E-state index contributed by atoms with van der Waals surface area (Å²) < 4.78 is 59.9. The largest absolute Gasteiger partial charge is 0.480 e. The van der Waals surface area contributed by atoms with Crippen molar-refractivity contribution in [1.82, 2.24) is 10.6 Å². The quantitative estimate of drug-likeness (QED) is 0.171. The molecule has 130 valence electrons. The van der Waals surface area contributed by atoms with Crippen LogP contribution >= 0.6 is 0 Å². The lowest BCUT2D eigenvalue weighted by molar-refractivity contribution is -0.139. The van der Waals surface area contributed by atoms with Crippen molar-refractivity contribution >= 4 is 32.2 Å². The average molecular weight is 364 g/mol. The molecule has 0 fully saturated rings. The molecule has 0 heterocycles. The van der Waals surface area contributed by atoms with Gasteiger partial charge in [-0.2, -0.15) is 16.8 Å². The number of carbonyl (C=O) groups is 2. The van der Waals surface area contributed by atoms with Gasteiger partial charge in [-0.1, -0.05) is 0 Å². The summed E-state index contributed by atoms with van der Waals surface area (Å²) in [5, 5.41) is 21.9. The topological polar surface area (TPSA) is 207 Å². The second kappa shape index (κ2) is 7.80. The van der Waals surface area contributed by atoms with Gasteiger partial charge in [-0.3, -0.25) is 29.3 Å². The Balaban J connectivity index is 4.89. The van der Waals surface area contributed by atoms with E-state index in [4.69, 9.17) is 19.3 Å². The minimum atomic E-state index is -4.61. The Bertz CT molecular complexity index is 559. The first kappa shape index (κ1) is 20.7. The monoisotopic (exact) mass is 364 g/mol. The van der Waals surface area contributed by atoms with Crippen LogP contribution in [0.25, 0.3) is 0 Å². The van der Waals surface area contributed by atoms with E-state index in [0.29, 0.717) is 0 Å². The Kier molecular flexibility index (Phi) is 7.33. The maximum Gasteiger partial charge on any atom is 0.321 e. The van der Waals surface area contributed by atoms with E-state index in [-0.39, 0.29) is 0 Å². The molecule has 0 bridgehead atoms. The molecule has 0 aliphatic carbocycles. The first-order chi connectivity index (χ1) is 9.71. The highest BCUT2D eigenvalue weighted by Crippen LogP contribution is 1.97. The molecule has 0 saturated heterocycles. The molecule has 0 spiro atoms. The SMILES string of the molecule is CC(N[C@@H](CS(=O)(=O)O)C(=O)O)N[C@@H](CS(=O)(=O)O)C(=O)O. The van der Waals surface area contributed by atoms with Crippen molar-refractivity contribution in [3.05, 3.63) is 0 Å². The molecule has 22 heavy (non-hydrogen) atoms. The number of nitrogens with one attached hydrogen (secondary N) is 2. The summed E-state index contributed by atoms with van der Waals surface area (Å²) in [6, 6.07) is -3.53. The molecule has 0 aromatic rings. The number of carboxylic acid groups (broad SMARTS) is 2. The maximum absolute atomic E-state index is 10.8. The Labute approximate surface area is 126 Å². The molecular weight excluding hydrogens is 348 g/mol. The zero-order valence-corrected chi connectivity index (χ0v) is 12.8. The lowest BCUT2D eigenvalue weighted by atomic mass is 10.3. The van der Waals surface area contributed by atoms with Crippen LogP contribution in [0.2, 0.25) is 0 Å². The highest BCUT2D eigenvalue weighted by molar-refractivity contribution is 7.86. The summed E-state index contributed by atoms with van der Waals surface area (Å²) in [5.41, 5.74) is 0. The second-order valence-electron chi connectivity index (χ2n) is 4.33. The standard InChI is InChI=1S/C8H16N2O10S2/c1-4(9-5(7(11)12)2-21(15,16)17)10-6(8(13)14)3-22(18,19)20/h4-6,9-10H,2-3H2,1H3,(H,11,12)(H,13,14)(H,15,16,17)(H,18,19,20)/t5-,6-/m0/s1. The minimum absolute atomic E-state index is 1.16. The lowest BCUT2D eigenvalue weighted by Gasteiger charge is -2.23. The van der Waals surface area contributed by atoms with E-state index in [0.717, 1.165) is 0 Å². The molecular formula is C8H16N2O10S2. The molecule has 0 saturated carbocycles. The van der Waals surface area contributed by atoms with E-state index in [2.05, 4.69) is 10.6 Å². The molecule has 0 aliphatic heterocycles. The van der Waals surface area contributed by atoms with Crippen LogP contribution in [-0.4, -0.2) is 77.8 Å². The van der Waals surface area contributed by atoms with Crippen molar-refractivity contribution in [2.45, 2.75) is 25.2 Å². The van der Waals surface area contributed by atoms with Crippen LogP contribution in [0.5, 0.6) is 0 Å². The van der Waals surface area contributed by atoms with Gasteiger partial charge in [0.15, 0.2) is 0 Å². The number of hydrogen-bond acceptors (Lipinski definition) is 8. The van der Waals surface area contributed by atoms with E-state index in [1.54, 1.807) is 0 Å². The number of carboxylic acids is 2. The molecule has 0 radical (unpaired) electrons. The van der Waals surface area contributed by atoms with Crippen LogP contribution < -0.4 is 10.6 Å². The van der Waals surface area contributed by atoms with E-state index in [1.165, 1.54) is 6.92 Å². The van der Waals surface area contributed by atoms with Crippen molar-refractivity contribution in [2.24, 2.45) is 0 Å². The fraction of sp³-hybridized carbons (Fsp3) is 0.750. The average Bonchev–Trinajstić information content (AvgIpc) is 2.22. The van der Waals surface area contributed by atoms with Gasteiger partial charge in [0.1, 0.15) is 23.6 Å². The highest BCUT2D eigenvalue weighted by Gasteiger charge is 2.29. The third-order valence-corrected chi connectivity index (χ3v) is 3.76. The number of aliphatic carboxylic acids is 2. The van der Waals surface area contributed by atoms with Crippen molar-refractivity contribution < 1.29 is 45.7 Å². The fourth-order valence-corrected chi connectivity index (χ4v) is 2.77. The molecule has 12 nitrogen and oxygen atoms in total. The highest BCUT2D eigenvalue weighted by atomic mass is 32.2. The Morgan fingerprint density at radius 2 is 1.14 bits per heavy atom. The normalized spacial score (nSPS) is 15.5. The van der Waals surface area contributed by atoms with Gasteiger partial charge < -0.3 is 10.2 Å². The van der Waals surface area contributed by atoms with E-state index in [9.17, 15) is 26.4 Å². The van der Waals surface area contributed by atoms with Crippen molar-refractivity contribution in [3.63, 3.8) is 0 Å². The summed E-state index contributed by atoms with van der Waals surface area (Å²) in [7, 11) is -9.22. The lowest BCUT2D eigenvalue weighted by Crippen LogP contribution is -2.56. The summed E-state index contributed by atoms with van der Waals surface area (Å²) in [5.74, 6) is -5.62. The summed E-state index contributed by atoms with van der Waals surface area (Å²) in [4.78, 5) is 21.7. The van der Waals surface area contributed by atoms with Gasteiger partial charge in [0.05, 0.1) is 6.17 Å². The second-order valence-corrected chi connectivity index (χ2v) is 7.33. The Morgan fingerprint density at radius 1 is 0.864 bits per heavy atom. The van der Waals surface area contributed by atoms with Crippen molar-refractivity contribution in [1.29, 1.82) is 0 Å². The molecule has 0 rings (SSSR count). The van der Waals surface area contributed by atoms with Crippen LogP contribution in [0.3, 0.4) is 0 Å². The third-order valence-electron chi connectivity index (χ3n) is 2.25. The Morgan fingerprint density at radius 3 is 1.32 bits per heavy atom. The predicted molar refractivity (Wildman–Crippen MR) is 71.4 cm³/mol. The van der Waals surface area contributed by atoms with Crippen LogP contribution in [-0.2, 0) is 29.8 Å². The molecule has 2 atom stereocenters. The smallest absolute Gasteiger partial charge is 0.321 e. The molecule has 6 N–H and O–H groups in total. The van der Waals surface area contributed by atoms with Gasteiger partial charge in [-0.05, 0) is 6.92 Å². The molecule has 0 aliphatic rings. The maximum atomic E-state index is 10.8. The zero-order chi connectivity index (χ0) is 17.7. The molecule has 0 aromatic heterocycles. The first-order valence-corrected chi connectivity index (χ1v) is 8.81. The van der Waals surface area contributed by atoms with Gasteiger partial charge in [0, 0.05) is 0 Å². The number of rotatable bonds is 10. The zero-order valence-electron chi connectivity index (χ0n) is 11.2. The van der Waals surface area contributed by atoms with Gasteiger partial charge in [0.2, 0.25) is 0 Å². The van der Waals surface area contributed by atoms with Crippen molar-refractivity contribution in [2.75, 3.05) is 11.5 Å². The Hall–Kier alpha value is -1.32. The third kappa shape index (κ3) is 9.59. The summed E-state index contributed by atoms with van der Waals surface area (Å²) >= 11 is 0. The van der Waals surface area contributed by atoms with Gasteiger partial charge in [-0.25, -0.2) is 0 Å². The van der Waals surface area contributed by atoms with E-state index >= 15 is 0 Å². The van der Waals surface area contributed by atoms with E-state index in [1.807, 2.05) is 0 Å². The minimum Gasteiger partial charge on any atom is -0.480 e. The molecule has 0 amide bonds. The van der Waals surface area contributed by atoms with Crippen LogP contribution in [0.4, 0.5) is 0 Å². The number of hydrogen-bond donors (Lipinski definition) is 6. The molecule has 14 heteroatoms. The van der Waals surface area contributed by atoms with Gasteiger partial charge in [0.25, 0.3) is 20.2 Å². The molecule has 0 unspecified atom stereocenters. The predicted octanol–water partition coefficient (Wildman–Crippen LogP) is -2.81. The fourth-order valence-electron chi connectivity index (χ4n) is 1.45. The summed E-state index contributed by atoms with van der Waals surface area (Å²) in [6.07, 6.45) is -1.16. The van der Waals surface area contributed by atoms with E-state index < -0.39 is 61.9 Å². The van der Waals surface area contributed by atoms with Gasteiger partial charge in [-0.15, -0.1) is 0 Å². The van der Waals surface area contributed by atoms with Crippen LogP contribution in [0.15, 0.2) is 0 Å². The van der Waals surface area contributed by atoms with Crippen LogP contribution in [0.1, 0.15) is 6.92 Å². The first-order valence-electron chi connectivity index (χ1n) is 5.59. The van der Waals surface area contributed by atoms with Crippen LogP contribution in [0, 0.1) is 0 Å². The molecule has 0 aromatic carbocycles.